The molecular formula is C16H15N3OS. The van der Waals surface area contributed by atoms with Gasteiger partial charge in [0.05, 0.1) is 16.8 Å². The minimum absolute atomic E-state index is 0.136. The SMILES string of the molecule is N#Cc1cc2ccccc2nc1SCC(=O)N1CCCC1. The van der Waals surface area contributed by atoms with E-state index in [-0.39, 0.29) is 5.91 Å². The van der Waals surface area contributed by atoms with E-state index >= 15 is 0 Å². The fraction of sp³-hybridized carbons (Fsp3) is 0.312. The number of rotatable bonds is 3. The maximum Gasteiger partial charge on any atom is 0.232 e. The number of hydrogen-bond donors (Lipinski definition) is 0. The number of hydrogen-bond acceptors (Lipinski definition) is 4. The van der Waals surface area contributed by atoms with Gasteiger partial charge in [0.15, 0.2) is 0 Å². The molecule has 0 saturated carbocycles. The van der Waals surface area contributed by atoms with Gasteiger partial charge in [-0.3, -0.25) is 4.79 Å². The molecule has 2 heterocycles. The third kappa shape index (κ3) is 3.01. The predicted molar refractivity (Wildman–Crippen MR) is 83.0 cm³/mol. The number of fused-ring (bicyclic) bond motifs is 1. The Morgan fingerprint density at radius 1 is 1.33 bits per heavy atom. The Hall–Kier alpha value is -2.06. The van der Waals surface area contributed by atoms with Crippen molar-refractivity contribution >= 4 is 28.6 Å². The largest absolute Gasteiger partial charge is 0.342 e. The third-order valence-electron chi connectivity index (χ3n) is 3.60. The average Bonchev–Trinajstić information content (AvgIpc) is 3.06. The summed E-state index contributed by atoms with van der Waals surface area (Å²) in [5, 5.41) is 10.8. The smallest absolute Gasteiger partial charge is 0.232 e. The summed E-state index contributed by atoms with van der Waals surface area (Å²) >= 11 is 1.36. The van der Waals surface area contributed by atoms with Gasteiger partial charge in [-0.2, -0.15) is 5.26 Å². The van der Waals surface area contributed by atoms with Crippen LogP contribution in [0, 0.1) is 11.3 Å². The molecule has 3 rings (SSSR count). The van der Waals surface area contributed by atoms with Crippen molar-refractivity contribution in [3.05, 3.63) is 35.9 Å². The van der Waals surface area contributed by atoms with Gasteiger partial charge in [-0.25, -0.2) is 4.98 Å². The summed E-state index contributed by atoms with van der Waals surface area (Å²) in [4.78, 5) is 18.5. The minimum Gasteiger partial charge on any atom is -0.342 e. The number of benzene rings is 1. The van der Waals surface area contributed by atoms with Crippen LogP contribution >= 0.6 is 11.8 Å². The summed E-state index contributed by atoms with van der Waals surface area (Å²) in [5.41, 5.74) is 1.39. The molecule has 0 aliphatic carbocycles. The molecule has 0 radical (unpaired) electrons. The van der Waals surface area contributed by atoms with E-state index in [1.165, 1.54) is 11.8 Å². The van der Waals surface area contributed by atoms with Crippen LogP contribution in [0.25, 0.3) is 10.9 Å². The Balaban J connectivity index is 1.79. The van der Waals surface area contributed by atoms with Crippen LogP contribution in [0.5, 0.6) is 0 Å². The molecule has 1 aromatic heterocycles. The molecule has 1 aliphatic rings. The molecule has 1 aromatic carbocycles. The predicted octanol–water partition coefficient (Wildman–Crippen LogP) is 2.82. The Bertz CT molecular complexity index is 717. The molecule has 2 aromatic rings. The maximum atomic E-state index is 12.1. The summed E-state index contributed by atoms with van der Waals surface area (Å²) in [7, 11) is 0. The summed E-state index contributed by atoms with van der Waals surface area (Å²) in [6, 6.07) is 11.7. The average molecular weight is 297 g/mol. The van der Waals surface area contributed by atoms with Crippen LogP contribution in [-0.2, 0) is 4.79 Å². The van der Waals surface area contributed by atoms with Gasteiger partial charge in [-0.15, -0.1) is 0 Å². The van der Waals surface area contributed by atoms with Crippen molar-refractivity contribution < 1.29 is 4.79 Å². The van der Waals surface area contributed by atoms with Crippen LogP contribution < -0.4 is 0 Å². The molecular weight excluding hydrogens is 282 g/mol. The molecule has 21 heavy (non-hydrogen) atoms. The first-order chi connectivity index (χ1) is 10.3. The number of thioether (sulfide) groups is 1. The molecule has 1 aliphatic heterocycles. The van der Waals surface area contributed by atoms with Crippen molar-refractivity contribution in [2.75, 3.05) is 18.8 Å². The van der Waals surface area contributed by atoms with Gasteiger partial charge in [0.25, 0.3) is 0 Å². The first kappa shape index (κ1) is 13.9. The van der Waals surface area contributed by atoms with Crippen LogP contribution in [0.1, 0.15) is 18.4 Å². The highest BCUT2D eigenvalue weighted by molar-refractivity contribution is 8.00. The van der Waals surface area contributed by atoms with E-state index < -0.39 is 0 Å². The molecule has 1 fully saturated rings. The number of nitriles is 1. The zero-order valence-electron chi connectivity index (χ0n) is 11.6. The van der Waals surface area contributed by atoms with Crippen LogP contribution in [-0.4, -0.2) is 34.6 Å². The van der Waals surface area contributed by atoms with E-state index in [1.54, 1.807) is 0 Å². The summed E-state index contributed by atoms with van der Waals surface area (Å²) in [6.07, 6.45) is 2.18. The number of pyridine rings is 1. The van der Waals surface area contributed by atoms with Gasteiger partial charge >= 0.3 is 0 Å². The van der Waals surface area contributed by atoms with Crippen LogP contribution in [0.15, 0.2) is 35.4 Å². The zero-order valence-corrected chi connectivity index (χ0v) is 12.4. The van der Waals surface area contributed by atoms with E-state index in [4.69, 9.17) is 0 Å². The van der Waals surface area contributed by atoms with Gasteiger partial charge in [-0.1, -0.05) is 30.0 Å². The number of amides is 1. The van der Waals surface area contributed by atoms with Crippen LogP contribution in [0.3, 0.4) is 0 Å². The number of para-hydroxylation sites is 1. The fourth-order valence-corrected chi connectivity index (χ4v) is 3.34. The Morgan fingerprint density at radius 3 is 2.86 bits per heavy atom. The number of likely N-dealkylation sites (tertiary alicyclic amines) is 1. The van der Waals surface area contributed by atoms with Crippen LogP contribution in [0.2, 0.25) is 0 Å². The standard InChI is InChI=1S/C16H15N3OS/c17-10-13-9-12-5-1-2-6-14(12)18-16(13)21-11-15(20)19-7-3-4-8-19/h1-2,5-6,9H,3-4,7-8,11H2. The van der Waals surface area contributed by atoms with E-state index in [1.807, 2.05) is 35.2 Å². The van der Waals surface area contributed by atoms with E-state index in [9.17, 15) is 10.1 Å². The highest BCUT2D eigenvalue weighted by Crippen LogP contribution is 2.25. The lowest BCUT2D eigenvalue weighted by molar-refractivity contribution is -0.127. The first-order valence-electron chi connectivity index (χ1n) is 6.98. The third-order valence-corrected chi connectivity index (χ3v) is 4.58. The second kappa shape index (κ2) is 6.15. The molecule has 4 nitrogen and oxygen atoms in total. The van der Waals surface area contributed by atoms with Crippen molar-refractivity contribution in [1.82, 2.24) is 9.88 Å². The number of carbonyl (C=O) groups excluding carboxylic acids is 1. The minimum atomic E-state index is 0.136. The maximum absolute atomic E-state index is 12.1. The van der Waals surface area contributed by atoms with E-state index in [2.05, 4.69) is 11.1 Å². The molecule has 0 atom stereocenters. The molecule has 5 heteroatoms. The Morgan fingerprint density at radius 2 is 2.10 bits per heavy atom. The number of nitrogens with zero attached hydrogens (tertiary/aromatic N) is 3. The molecule has 0 N–H and O–H groups in total. The zero-order chi connectivity index (χ0) is 14.7. The van der Waals surface area contributed by atoms with Crippen molar-refractivity contribution in [3.8, 4) is 6.07 Å². The summed E-state index contributed by atoms with van der Waals surface area (Å²) < 4.78 is 0. The summed E-state index contributed by atoms with van der Waals surface area (Å²) in [6.45, 7) is 1.71. The summed E-state index contributed by atoms with van der Waals surface area (Å²) in [5.74, 6) is 0.483. The quantitative estimate of drug-likeness (QED) is 0.817. The first-order valence-corrected chi connectivity index (χ1v) is 7.97. The molecule has 0 bridgehead atoms. The highest BCUT2D eigenvalue weighted by Gasteiger charge is 2.18. The molecule has 0 spiro atoms. The number of carbonyl (C=O) groups is 1. The Labute approximate surface area is 127 Å². The molecule has 0 unspecified atom stereocenters. The van der Waals surface area contributed by atoms with Crippen LogP contribution in [0.4, 0.5) is 0 Å². The van der Waals surface area contributed by atoms with Gasteiger partial charge in [0, 0.05) is 18.5 Å². The lowest BCUT2D eigenvalue weighted by atomic mass is 10.2. The van der Waals surface area contributed by atoms with Crippen molar-refractivity contribution in [1.29, 1.82) is 5.26 Å². The normalized spacial score (nSPS) is 14.3. The van der Waals surface area contributed by atoms with E-state index in [0.29, 0.717) is 16.3 Å². The number of aromatic nitrogens is 1. The van der Waals surface area contributed by atoms with Gasteiger partial charge < -0.3 is 4.90 Å². The van der Waals surface area contributed by atoms with Gasteiger partial charge in [-0.05, 0) is 25.0 Å². The molecule has 106 valence electrons. The topological polar surface area (TPSA) is 57.0 Å². The van der Waals surface area contributed by atoms with Crippen molar-refractivity contribution in [2.45, 2.75) is 17.9 Å². The highest BCUT2D eigenvalue weighted by atomic mass is 32.2. The lowest BCUT2D eigenvalue weighted by Crippen LogP contribution is -2.29. The lowest BCUT2D eigenvalue weighted by Gasteiger charge is -2.14. The second-order valence-corrected chi connectivity index (χ2v) is 5.99. The second-order valence-electron chi connectivity index (χ2n) is 5.02. The van der Waals surface area contributed by atoms with Crippen molar-refractivity contribution in [2.24, 2.45) is 0 Å². The fourth-order valence-electron chi connectivity index (χ4n) is 2.48. The monoisotopic (exact) mass is 297 g/mol. The van der Waals surface area contributed by atoms with Crippen molar-refractivity contribution in [3.63, 3.8) is 0 Å². The van der Waals surface area contributed by atoms with Gasteiger partial charge in [0.2, 0.25) is 5.91 Å². The molecule has 1 saturated heterocycles. The van der Waals surface area contributed by atoms with E-state index in [0.717, 1.165) is 36.8 Å². The van der Waals surface area contributed by atoms with Gasteiger partial charge in [0.1, 0.15) is 11.1 Å². The molecule has 1 amide bonds. The Kier molecular flexibility index (Phi) is 4.07.